The highest BCUT2D eigenvalue weighted by Gasteiger charge is 2.30. The van der Waals surface area contributed by atoms with Gasteiger partial charge in [0.05, 0.1) is 5.69 Å². The Labute approximate surface area is 82.6 Å². The van der Waals surface area contributed by atoms with E-state index < -0.39 is 10.0 Å². The molecule has 2 heterocycles. The van der Waals surface area contributed by atoms with Gasteiger partial charge in [-0.05, 0) is 12.1 Å². The largest absolute Gasteiger partial charge is 0.314 e. The van der Waals surface area contributed by atoms with Gasteiger partial charge in [0.25, 0.3) is 0 Å². The minimum atomic E-state index is -3.22. The summed E-state index contributed by atoms with van der Waals surface area (Å²) in [5, 5.41) is 2.61. The molecule has 0 spiro atoms. The van der Waals surface area contributed by atoms with Crippen LogP contribution in [0.25, 0.3) is 0 Å². The normalized spacial score (nSPS) is 17.4. The lowest BCUT2D eigenvalue weighted by atomic mass is 10.3. The number of pyridine rings is 1. The van der Waals surface area contributed by atoms with Gasteiger partial charge >= 0.3 is 0 Å². The molecule has 1 aromatic heterocycles. The molecule has 2 N–H and O–H groups in total. The van der Waals surface area contributed by atoms with Crippen LogP contribution >= 0.6 is 0 Å². The van der Waals surface area contributed by atoms with Crippen LogP contribution in [-0.2, 0) is 10.0 Å². The first-order valence-electron chi connectivity index (χ1n) is 4.31. The maximum Gasteiger partial charge on any atom is 0.238 e. The average molecular weight is 213 g/mol. The molecule has 1 aliphatic heterocycles. The predicted molar refractivity (Wildman–Crippen MR) is 53.4 cm³/mol. The van der Waals surface area contributed by atoms with Crippen molar-refractivity contribution in [1.29, 1.82) is 0 Å². The van der Waals surface area contributed by atoms with Crippen LogP contribution in [0.5, 0.6) is 0 Å². The Morgan fingerprint density at radius 1 is 1.36 bits per heavy atom. The monoisotopic (exact) mass is 213 g/mol. The van der Waals surface area contributed by atoms with E-state index >= 15 is 0 Å². The van der Waals surface area contributed by atoms with Crippen LogP contribution in [0.1, 0.15) is 0 Å². The Kier molecular flexibility index (Phi) is 2.39. The van der Waals surface area contributed by atoms with Gasteiger partial charge < -0.3 is 5.32 Å². The van der Waals surface area contributed by atoms with Crippen LogP contribution in [0, 0.1) is 0 Å². The van der Waals surface area contributed by atoms with Gasteiger partial charge in [-0.15, -0.1) is 0 Å². The minimum Gasteiger partial charge on any atom is -0.314 e. The molecular weight excluding hydrogens is 202 g/mol. The van der Waals surface area contributed by atoms with E-state index in [1.54, 1.807) is 24.5 Å². The zero-order chi connectivity index (χ0) is 10.0. The summed E-state index contributed by atoms with van der Waals surface area (Å²) in [6.45, 7) is 1.06. The molecule has 2 rings (SSSR count). The summed E-state index contributed by atoms with van der Waals surface area (Å²) >= 11 is 0. The summed E-state index contributed by atoms with van der Waals surface area (Å²) < 4.78 is 25.7. The maximum atomic E-state index is 11.6. The molecule has 0 atom stereocenters. The van der Waals surface area contributed by atoms with Crippen molar-refractivity contribution in [3.05, 3.63) is 24.5 Å². The van der Waals surface area contributed by atoms with E-state index in [9.17, 15) is 8.42 Å². The summed E-state index contributed by atoms with van der Waals surface area (Å²) in [6, 6.07) is 3.26. The second-order valence-electron chi connectivity index (χ2n) is 3.16. The molecular formula is C8H11N3O2S. The topological polar surface area (TPSA) is 71.1 Å². The van der Waals surface area contributed by atoms with Gasteiger partial charge in [-0.2, -0.15) is 0 Å². The van der Waals surface area contributed by atoms with Gasteiger partial charge in [0.1, 0.15) is 5.25 Å². The molecule has 0 radical (unpaired) electrons. The van der Waals surface area contributed by atoms with Crippen LogP contribution < -0.4 is 10.0 Å². The molecule has 1 aromatic rings. The SMILES string of the molecule is O=S(=O)(Nc1ccncc1)C1CNC1. The van der Waals surface area contributed by atoms with Gasteiger partial charge in [0.15, 0.2) is 0 Å². The molecule has 1 aliphatic rings. The van der Waals surface area contributed by atoms with Crippen molar-refractivity contribution in [1.82, 2.24) is 10.3 Å². The third-order valence-electron chi connectivity index (χ3n) is 2.12. The number of nitrogens with one attached hydrogen (secondary N) is 2. The average Bonchev–Trinajstić information content (AvgIpc) is 2.00. The van der Waals surface area contributed by atoms with Crippen molar-refractivity contribution in [2.45, 2.75) is 5.25 Å². The minimum absolute atomic E-state index is 0.310. The van der Waals surface area contributed by atoms with Crippen LogP contribution in [0.15, 0.2) is 24.5 Å². The van der Waals surface area contributed by atoms with E-state index in [-0.39, 0.29) is 5.25 Å². The van der Waals surface area contributed by atoms with E-state index in [0.717, 1.165) is 0 Å². The molecule has 14 heavy (non-hydrogen) atoms. The van der Waals surface area contributed by atoms with Crippen molar-refractivity contribution in [3.8, 4) is 0 Å². The first-order chi connectivity index (χ1) is 6.68. The Bertz CT molecular complexity index is 400. The van der Waals surface area contributed by atoms with Crippen molar-refractivity contribution >= 4 is 15.7 Å². The van der Waals surface area contributed by atoms with Crippen LogP contribution in [-0.4, -0.2) is 31.7 Å². The Morgan fingerprint density at radius 3 is 2.50 bits per heavy atom. The van der Waals surface area contributed by atoms with Crippen molar-refractivity contribution in [2.24, 2.45) is 0 Å². The summed E-state index contributed by atoms with van der Waals surface area (Å²) in [5.74, 6) is 0. The third kappa shape index (κ3) is 1.85. The molecule has 1 fully saturated rings. The van der Waals surface area contributed by atoms with Crippen molar-refractivity contribution in [2.75, 3.05) is 17.8 Å². The van der Waals surface area contributed by atoms with E-state index in [4.69, 9.17) is 0 Å². The van der Waals surface area contributed by atoms with Gasteiger partial charge in [-0.25, -0.2) is 8.42 Å². The molecule has 0 aromatic carbocycles. The number of nitrogens with zero attached hydrogens (tertiary/aromatic N) is 1. The number of aromatic nitrogens is 1. The van der Waals surface area contributed by atoms with E-state index in [0.29, 0.717) is 18.8 Å². The van der Waals surface area contributed by atoms with Crippen LogP contribution in [0.3, 0.4) is 0 Å². The Morgan fingerprint density at radius 2 is 2.00 bits per heavy atom. The molecule has 0 unspecified atom stereocenters. The molecule has 1 saturated heterocycles. The highest BCUT2D eigenvalue weighted by Crippen LogP contribution is 2.12. The summed E-state index contributed by atoms with van der Waals surface area (Å²) in [4.78, 5) is 3.81. The maximum absolute atomic E-state index is 11.6. The van der Waals surface area contributed by atoms with Crippen molar-refractivity contribution in [3.63, 3.8) is 0 Å². The van der Waals surface area contributed by atoms with E-state index in [1.807, 2.05) is 0 Å². The number of hydrogen-bond donors (Lipinski definition) is 2. The molecule has 0 saturated carbocycles. The van der Waals surface area contributed by atoms with Gasteiger partial charge in [0, 0.05) is 25.5 Å². The van der Waals surface area contributed by atoms with Gasteiger partial charge in [-0.3, -0.25) is 9.71 Å². The fraction of sp³-hybridized carbons (Fsp3) is 0.375. The lowest BCUT2D eigenvalue weighted by molar-refractivity contribution is 0.498. The smallest absolute Gasteiger partial charge is 0.238 e. The first kappa shape index (κ1) is 9.42. The fourth-order valence-corrected chi connectivity index (χ4v) is 2.45. The second kappa shape index (κ2) is 3.55. The molecule has 0 bridgehead atoms. The predicted octanol–water partition coefficient (Wildman–Crippen LogP) is -0.205. The first-order valence-corrected chi connectivity index (χ1v) is 5.85. The fourth-order valence-electron chi connectivity index (χ4n) is 1.15. The second-order valence-corrected chi connectivity index (χ2v) is 5.12. The Hall–Kier alpha value is -1.14. The van der Waals surface area contributed by atoms with E-state index in [2.05, 4.69) is 15.0 Å². The standard InChI is InChI=1S/C8H11N3O2S/c12-14(13,8-5-10-6-8)11-7-1-3-9-4-2-7/h1-4,8,10H,5-6H2,(H,9,11). The number of sulfonamides is 1. The molecule has 0 aliphatic carbocycles. The number of hydrogen-bond acceptors (Lipinski definition) is 4. The van der Waals surface area contributed by atoms with E-state index in [1.165, 1.54) is 0 Å². The molecule has 5 nitrogen and oxygen atoms in total. The summed E-state index contributed by atoms with van der Waals surface area (Å²) in [6.07, 6.45) is 3.10. The molecule has 6 heteroatoms. The third-order valence-corrected chi connectivity index (χ3v) is 3.85. The molecule has 76 valence electrons. The zero-order valence-corrected chi connectivity index (χ0v) is 8.29. The zero-order valence-electron chi connectivity index (χ0n) is 7.47. The summed E-state index contributed by atoms with van der Waals surface area (Å²) in [5.41, 5.74) is 0.562. The van der Waals surface area contributed by atoms with Crippen LogP contribution in [0.4, 0.5) is 5.69 Å². The number of anilines is 1. The van der Waals surface area contributed by atoms with Gasteiger partial charge in [0.2, 0.25) is 10.0 Å². The highest BCUT2D eigenvalue weighted by molar-refractivity contribution is 7.93. The Balaban J connectivity index is 2.10. The highest BCUT2D eigenvalue weighted by atomic mass is 32.2. The lowest BCUT2D eigenvalue weighted by Crippen LogP contribution is -2.53. The molecule has 0 amide bonds. The van der Waals surface area contributed by atoms with Gasteiger partial charge in [-0.1, -0.05) is 0 Å². The lowest BCUT2D eigenvalue weighted by Gasteiger charge is -2.27. The number of rotatable bonds is 3. The van der Waals surface area contributed by atoms with Crippen LogP contribution in [0.2, 0.25) is 0 Å². The quantitative estimate of drug-likeness (QED) is 0.729. The van der Waals surface area contributed by atoms with Crippen molar-refractivity contribution < 1.29 is 8.42 Å². The summed E-state index contributed by atoms with van der Waals surface area (Å²) in [7, 11) is -3.22.